The van der Waals surface area contributed by atoms with Gasteiger partial charge in [0, 0.05) is 17.4 Å². The number of methoxy groups -OCH3 is 1. The fourth-order valence-electron chi connectivity index (χ4n) is 2.23. The van der Waals surface area contributed by atoms with Crippen molar-refractivity contribution in [2.75, 3.05) is 7.11 Å². The molecule has 0 aromatic heterocycles. The SMILES string of the molecule is [3H]C(=O)CC(C)(C)c1c(C)cc(C)cc1OC. The Labute approximate surface area is 99.0 Å². The van der Waals surface area contributed by atoms with Gasteiger partial charge in [-0.25, -0.2) is 0 Å². The number of benzene rings is 1. The van der Waals surface area contributed by atoms with Crippen molar-refractivity contribution in [2.24, 2.45) is 0 Å². The van der Waals surface area contributed by atoms with Crippen LogP contribution in [0.5, 0.6) is 5.75 Å². The zero-order valence-electron chi connectivity index (χ0n) is 11.7. The second-order valence-electron chi connectivity index (χ2n) is 4.86. The van der Waals surface area contributed by atoms with E-state index in [9.17, 15) is 4.79 Å². The average molecular weight is 222 g/mol. The summed E-state index contributed by atoms with van der Waals surface area (Å²) in [5.74, 6) is 0.800. The Morgan fingerprint density at radius 1 is 1.44 bits per heavy atom. The van der Waals surface area contributed by atoms with Crippen molar-refractivity contribution in [1.29, 1.82) is 0 Å². The molecule has 0 N–H and O–H groups in total. The van der Waals surface area contributed by atoms with Gasteiger partial charge in [0.05, 0.1) is 7.11 Å². The van der Waals surface area contributed by atoms with E-state index in [4.69, 9.17) is 6.11 Å². The number of hydrogen-bond donors (Lipinski definition) is 0. The Morgan fingerprint density at radius 3 is 2.56 bits per heavy atom. The predicted octanol–water partition coefficient (Wildman–Crippen LogP) is 3.18. The first-order valence-electron chi connectivity index (χ1n) is 5.93. The Bertz CT molecular complexity index is 436. The summed E-state index contributed by atoms with van der Waals surface area (Å²) in [7, 11) is 1.64. The van der Waals surface area contributed by atoms with Crippen LogP contribution in [-0.4, -0.2) is 13.4 Å². The highest BCUT2D eigenvalue weighted by atomic mass is 16.5. The van der Waals surface area contributed by atoms with E-state index < -0.39 is 6.26 Å². The standard InChI is InChI=1S/C14H20O2/c1-10-8-11(2)13(12(9-10)16-5)14(3,4)6-7-15/h7-9H,6H2,1-5H3/i7T. The zero-order valence-corrected chi connectivity index (χ0v) is 10.7. The molecule has 2 heteroatoms. The number of carbonyl (C=O) groups is 1. The van der Waals surface area contributed by atoms with E-state index in [0.29, 0.717) is 0 Å². The van der Waals surface area contributed by atoms with Gasteiger partial charge in [0.25, 0.3) is 0 Å². The summed E-state index contributed by atoms with van der Waals surface area (Å²) in [4.78, 5) is 11.0. The lowest BCUT2D eigenvalue weighted by Crippen LogP contribution is -2.20. The molecule has 88 valence electrons. The molecule has 1 aromatic carbocycles. The van der Waals surface area contributed by atoms with E-state index >= 15 is 0 Å². The van der Waals surface area contributed by atoms with E-state index in [1.165, 1.54) is 0 Å². The van der Waals surface area contributed by atoms with Crippen LogP contribution in [0.25, 0.3) is 0 Å². The third-order valence-corrected chi connectivity index (χ3v) is 2.85. The van der Waals surface area contributed by atoms with Crippen LogP contribution in [-0.2, 0) is 10.2 Å². The van der Waals surface area contributed by atoms with Crippen LogP contribution in [0.1, 0.15) is 38.3 Å². The van der Waals surface area contributed by atoms with Crippen molar-refractivity contribution in [1.82, 2.24) is 0 Å². The van der Waals surface area contributed by atoms with Crippen LogP contribution in [0.4, 0.5) is 0 Å². The minimum absolute atomic E-state index is 0.202. The van der Waals surface area contributed by atoms with Crippen LogP contribution in [0, 0.1) is 13.8 Å². The van der Waals surface area contributed by atoms with Gasteiger partial charge in [-0.05, 0) is 31.0 Å². The Morgan fingerprint density at radius 2 is 2.06 bits per heavy atom. The normalized spacial score (nSPS) is 12.2. The van der Waals surface area contributed by atoms with Crippen LogP contribution >= 0.6 is 0 Å². The van der Waals surface area contributed by atoms with Crippen molar-refractivity contribution < 1.29 is 10.9 Å². The van der Waals surface area contributed by atoms with Gasteiger partial charge in [-0.2, -0.15) is 0 Å². The minimum Gasteiger partial charge on any atom is -0.496 e. The molecule has 0 aliphatic carbocycles. The first-order valence-corrected chi connectivity index (χ1v) is 5.43. The van der Waals surface area contributed by atoms with E-state index in [0.717, 1.165) is 22.4 Å². The quantitative estimate of drug-likeness (QED) is 0.731. The molecule has 0 aliphatic rings. The van der Waals surface area contributed by atoms with Gasteiger partial charge < -0.3 is 9.53 Å². The fraction of sp³-hybridized carbons (Fsp3) is 0.500. The molecule has 0 spiro atoms. The number of aryl methyl sites for hydroxylation is 2. The van der Waals surface area contributed by atoms with E-state index in [1.807, 2.05) is 33.8 Å². The van der Waals surface area contributed by atoms with Gasteiger partial charge in [0.1, 0.15) is 13.4 Å². The van der Waals surface area contributed by atoms with Crippen molar-refractivity contribution in [3.05, 3.63) is 28.8 Å². The smallest absolute Gasteiger partial charge is 0.123 e. The molecule has 0 fully saturated rings. The predicted molar refractivity (Wildman–Crippen MR) is 66.2 cm³/mol. The van der Waals surface area contributed by atoms with Crippen LogP contribution < -0.4 is 4.74 Å². The third-order valence-electron chi connectivity index (χ3n) is 2.85. The van der Waals surface area contributed by atoms with Crippen molar-refractivity contribution >= 4 is 6.26 Å². The van der Waals surface area contributed by atoms with Gasteiger partial charge in [-0.1, -0.05) is 19.9 Å². The van der Waals surface area contributed by atoms with E-state index in [-0.39, 0.29) is 11.8 Å². The largest absolute Gasteiger partial charge is 0.496 e. The number of hydrogen-bond acceptors (Lipinski definition) is 2. The molecule has 0 unspecified atom stereocenters. The fourth-order valence-corrected chi connectivity index (χ4v) is 2.23. The molecule has 0 saturated heterocycles. The highest BCUT2D eigenvalue weighted by Gasteiger charge is 2.26. The molecule has 0 bridgehead atoms. The summed E-state index contributed by atoms with van der Waals surface area (Å²) >= 11 is 0. The van der Waals surface area contributed by atoms with Gasteiger partial charge in [-0.15, -0.1) is 0 Å². The monoisotopic (exact) mass is 222 g/mol. The summed E-state index contributed by atoms with van der Waals surface area (Å²) in [6, 6.07) is 4.05. The maximum Gasteiger partial charge on any atom is 0.123 e. The maximum atomic E-state index is 11.0. The van der Waals surface area contributed by atoms with Crippen LogP contribution in [0.3, 0.4) is 0 Å². The van der Waals surface area contributed by atoms with Gasteiger partial charge in [-0.3, -0.25) is 0 Å². The lowest BCUT2D eigenvalue weighted by atomic mass is 9.78. The summed E-state index contributed by atoms with van der Waals surface area (Å²) in [6.45, 7) is 7.97. The summed E-state index contributed by atoms with van der Waals surface area (Å²) in [5.41, 5.74) is 2.89. The Balaban J connectivity index is 3.33. The molecule has 0 atom stereocenters. The molecule has 1 rings (SSSR count). The summed E-state index contributed by atoms with van der Waals surface area (Å²) in [5, 5.41) is 0. The van der Waals surface area contributed by atoms with Crippen molar-refractivity contribution in [2.45, 2.75) is 39.5 Å². The number of rotatable bonds is 4. The second kappa shape index (κ2) is 4.69. The number of carbonyl (C=O) groups excluding carboxylic acids is 1. The van der Waals surface area contributed by atoms with Crippen molar-refractivity contribution in [3.63, 3.8) is 0 Å². The minimum atomic E-state index is -0.544. The molecule has 16 heavy (non-hydrogen) atoms. The van der Waals surface area contributed by atoms with E-state index in [1.54, 1.807) is 7.11 Å². The molecule has 2 nitrogen and oxygen atoms in total. The Hall–Kier alpha value is -1.31. The Kier molecular flexibility index (Phi) is 3.28. The topological polar surface area (TPSA) is 26.3 Å². The summed E-state index contributed by atoms with van der Waals surface area (Å²) < 4.78 is 12.5. The average Bonchev–Trinajstić information content (AvgIpc) is 2.13. The lowest BCUT2D eigenvalue weighted by Gasteiger charge is -2.27. The molecular formula is C14H20O2. The molecular weight excluding hydrogens is 200 g/mol. The summed E-state index contributed by atoms with van der Waals surface area (Å²) in [6.07, 6.45) is -0.343. The maximum absolute atomic E-state index is 11.0. The highest BCUT2D eigenvalue weighted by Crippen LogP contribution is 2.36. The molecule has 1 aromatic rings. The van der Waals surface area contributed by atoms with Crippen LogP contribution in [0.2, 0.25) is 0 Å². The van der Waals surface area contributed by atoms with Gasteiger partial charge >= 0.3 is 0 Å². The van der Waals surface area contributed by atoms with E-state index in [2.05, 4.69) is 6.07 Å². The zero-order chi connectivity index (χ0) is 13.2. The molecule has 0 radical (unpaired) electrons. The molecule has 0 amide bonds. The number of ether oxygens (including phenoxy) is 1. The van der Waals surface area contributed by atoms with Crippen molar-refractivity contribution in [3.8, 4) is 5.75 Å². The first-order chi connectivity index (χ1) is 7.77. The molecule has 0 saturated carbocycles. The molecule has 0 heterocycles. The first kappa shape index (κ1) is 11.2. The second-order valence-corrected chi connectivity index (χ2v) is 4.86. The van der Waals surface area contributed by atoms with Gasteiger partial charge in [0.2, 0.25) is 0 Å². The molecule has 0 aliphatic heterocycles. The lowest BCUT2D eigenvalue weighted by molar-refractivity contribution is -0.108. The van der Waals surface area contributed by atoms with Crippen LogP contribution in [0.15, 0.2) is 12.1 Å². The number of aldehydes is 1. The third kappa shape index (κ3) is 2.43. The van der Waals surface area contributed by atoms with Gasteiger partial charge in [0.15, 0.2) is 0 Å². The highest BCUT2D eigenvalue weighted by molar-refractivity contribution is 5.56.